The Labute approximate surface area is 115 Å². The molecule has 0 aromatic heterocycles. The normalized spacial score (nSPS) is 10.2. The second kappa shape index (κ2) is 10.4. The lowest BCUT2D eigenvalue weighted by Crippen LogP contribution is -2.23. The lowest BCUT2D eigenvalue weighted by atomic mass is 10.3. The Hall–Kier alpha value is -1.52. The van der Waals surface area contributed by atoms with Crippen molar-refractivity contribution in [2.45, 2.75) is 6.42 Å². The van der Waals surface area contributed by atoms with E-state index in [1.807, 2.05) is 24.3 Å². The van der Waals surface area contributed by atoms with E-state index in [4.69, 9.17) is 14.2 Å². The maximum Gasteiger partial charge on any atom is 0.161 e. The maximum absolute atomic E-state index is 5.64. The van der Waals surface area contributed by atoms with Crippen molar-refractivity contribution in [1.82, 2.24) is 5.32 Å². The van der Waals surface area contributed by atoms with Crippen LogP contribution < -0.4 is 14.8 Å². The van der Waals surface area contributed by atoms with Crippen LogP contribution >= 0.6 is 0 Å². The minimum atomic E-state index is 0.619. The molecule has 0 radical (unpaired) electrons. The van der Waals surface area contributed by atoms with E-state index >= 15 is 0 Å². The van der Waals surface area contributed by atoms with Gasteiger partial charge in [-0.2, -0.15) is 0 Å². The van der Waals surface area contributed by atoms with Crippen molar-refractivity contribution in [2.75, 3.05) is 40.0 Å². The zero-order valence-corrected chi connectivity index (χ0v) is 11.6. The molecule has 0 bridgehead atoms. The van der Waals surface area contributed by atoms with E-state index in [0.717, 1.165) is 37.6 Å². The second-order valence-electron chi connectivity index (χ2n) is 3.97. The molecule has 0 aliphatic carbocycles. The van der Waals surface area contributed by atoms with E-state index in [1.165, 1.54) is 0 Å². The predicted octanol–water partition coefficient (Wildman–Crippen LogP) is 2.26. The number of hydrogen-bond acceptors (Lipinski definition) is 4. The molecule has 19 heavy (non-hydrogen) atoms. The zero-order valence-electron chi connectivity index (χ0n) is 11.6. The third-order valence-corrected chi connectivity index (χ3v) is 2.48. The standard InChI is InChI=1S/C15H23NO3/c1-3-11-18-12-6-9-16-10-13-19-15-8-5-4-7-14(15)17-2/h3-5,7-8,16H,1,6,9-13H2,2H3. The largest absolute Gasteiger partial charge is 0.493 e. The van der Waals surface area contributed by atoms with Gasteiger partial charge >= 0.3 is 0 Å². The minimum Gasteiger partial charge on any atom is -0.493 e. The minimum absolute atomic E-state index is 0.619. The Morgan fingerprint density at radius 3 is 2.68 bits per heavy atom. The van der Waals surface area contributed by atoms with Crippen LogP contribution in [-0.4, -0.2) is 40.0 Å². The van der Waals surface area contributed by atoms with Crippen LogP contribution in [0.15, 0.2) is 36.9 Å². The van der Waals surface area contributed by atoms with Gasteiger partial charge in [0, 0.05) is 13.2 Å². The fourth-order valence-electron chi connectivity index (χ4n) is 1.56. The molecule has 106 valence electrons. The van der Waals surface area contributed by atoms with Crippen LogP contribution in [-0.2, 0) is 4.74 Å². The van der Waals surface area contributed by atoms with Gasteiger partial charge in [0.1, 0.15) is 6.61 Å². The molecule has 0 aliphatic rings. The van der Waals surface area contributed by atoms with E-state index in [9.17, 15) is 0 Å². The van der Waals surface area contributed by atoms with Gasteiger partial charge in [-0.25, -0.2) is 0 Å². The van der Waals surface area contributed by atoms with E-state index in [1.54, 1.807) is 13.2 Å². The third-order valence-electron chi connectivity index (χ3n) is 2.48. The van der Waals surface area contributed by atoms with Crippen molar-refractivity contribution in [2.24, 2.45) is 0 Å². The van der Waals surface area contributed by atoms with E-state index in [2.05, 4.69) is 11.9 Å². The van der Waals surface area contributed by atoms with Crippen LogP contribution in [0.2, 0.25) is 0 Å². The van der Waals surface area contributed by atoms with Gasteiger partial charge < -0.3 is 19.5 Å². The Kier molecular flexibility index (Phi) is 8.51. The molecule has 0 heterocycles. The second-order valence-corrected chi connectivity index (χ2v) is 3.97. The van der Waals surface area contributed by atoms with Crippen LogP contribution in [0.4, 0.5) is 0 Å². The SMILES string of the molecule is C=CCOCCCNCCOc1ccccc1OC. The predicted molar refractivity (Wildman–Crippen MR) is 77.0 cm³/mol. The molecule has 0 unspecified atom stereocenters. The van der Waals surface area contributed by atoms with Crippen molar-refractivity contribution in [3.8, 4) is 11.5 Å². The number of hydrogen-bond donors (Lipinski definition) is 1. The molecule has 0 saturated heterocycles. The van der Waals surface area contributed by atoms with Crippen molar-refractivity contribution < 1.29 is 14.2 Å². The average Bonchev–Trinajstić information content (AvgIpc) is 2.46. The molecular weight excluding hydrogens is 242 g/mol. The quantitative estimate of drug-likeness (QED) is 0.492. The number of para-hydroxylation sites is 2. The average molecular weight is 265 g/mol. The topological polar surface area (TPSA) is 39.7 Å². The van der Waals surface area contributed by atoms with E-state index < -0.39 is 0 Å². The molecule has 1 rings (SSSR count). The summed E-state index contributed by atoms with van der Waals surface area (Å²) in [6.45, 7) is 7.32. The molecule has 0 aliphatic heterocycles. The zero-order chi connectivity index (χ0) is 13.8. The van der Waals surface area contributed by atoms with Crippen molar-refractivity contribution in [3.63, 3.8) is 0 Å². The number of nitrogens with one attached hydrogen (secondary N) is 1. The Balaban J connectivity index is 2.03. The summed E-state index contributed by atoms with van der Waals surface area (Å²) >= 11 is 0. The number of benzene rings is 1. The van der Waals surface area contributed by atoms with Gasteiger partial charge in [-0.3, -0.25) is 0 Å². The molecule has 4 nitrogen and oxygen atoms in total. The van der Waals surface area contributed by atoms with Crippen molar-refractivity contribution >= 4 is 0 Å². The lowest BCUT2D eigenvalue weighted by molar-refractivity contribution is 0.159. The fourth-order valence-corrected chi connectivity index (χ4v) is 1.56. The highest BCUT2D eigenvalue weighted by atomic mass is 16.5. The fraction of sp³-hybridized carbons (Fsp3) is 0.467. The molecule has 0 atom stereocenters. The molecule has 0 amide bonds. The molecule has 0 fully saturated rings. The summed E-state index contributed by atoms with van der Waals surface area (Å²) in [5, 5.41) is 3.30. The van der Waals surface area contributed by atoms with Crippen LogP contribution in [0.1, 0.15) is 6.42 Å². The smallest absolute Gasteiger partial charge is 0.161 e. The summed E-state index contributed by atoms with van der Waals surface area (Å²) in [6.07, 6.45) is 2.75. The molecule has 1 aromatic carbocycles. The summed E-state index contributed by atoms with van der Waals surface area (Å²) < 4.78 is 16.1. The van der Waals surface area contributed by atoms with Gasteiger partial charge in [0.15, 0.2) is 11.5 Å². The van der Waals surface area contributed by atoms with Crippen LogP contribution in [0, 0.1) is 0 Å². The van der Waals surface area contributed by atoms with Gasteiger partial charge in [-0.05, 0) is 25.1 Å². The Bertz CT molecular complexity index is 355. The number of ether oxygens (including phenoxy) is 3. The lowest BCUT2D eigenvalue weighted by Gasteiger charge is -2.10. The molecule has 4 heteroatoms. The first-order chi connectivity index (χ1) is 9.38. The highest BCUT2D eigenvalue weighted by molar-refractivity contribution is 5.39. The van der Waals surface area contributed by atoms with Crippen molar-refractivity contribution in [3.05, 3.63) is 36.9 Å². The molecule has 0 spiro atoms. The molecular formula is C15H23NO3. The van der Waals surface area contributed by atoms with E-state index in [-0.39, 0.29) is 0 Å². The van der Waals surface area contributed by atoms with Crippen LogP contribution in [0.3, 0.4) is 0 Å². The number of rotatable bonds is 11. The molecule has 1 N–H and O–H groups in total. The van der Waals surface area contributed by atoms with Crippen molar-refractivity contribution in [1.29, 1.82) is 0 Å². The first-order valence-electron chi connectivity index (χ1n) is 6.53. The molecule has 0 saturated carbocycles. The first-order valence-corrected chi connectivity index (χ1v) is 6.53. The summed E-state index contributed by atoms with van der Waals surface area (Å²) in [7, 11) is 1.64. The van der Waals surface area contributed by atoms with E-state index in [0.29, 0.717) is 13.2 Å². The van der Waals surface area contributed by atoms with Gasteiger partial charge in [-0.1, -0.05) is 18.2 Å². The summed E-state index contributed by atoms with van der Waals surface area (Å²) in [4.78, 5) is 0. The monoisotopic (exact) mass is 265 g/mol. The Morgan fingerprint density at radius 1 is 1.16 bits per heavy atom. The highest BCUT2D eigenvalue weighted by Crippen LogP contribution is 2.25. The van der Waals surface area contributed by atoms with Gasteiger partial charge in [0.2, 0.25) is 0 Å². The Morgan fingerprint density at radius 2 is 1.95 bits per heavy atom. The van der Waals surface area contributed by atoms with Crippen LogP contribution in [0.25, 0.3) is 0 Å². The first kappa shape index (κ1) is 15.5. The molecule has 1 aromatic rings. The summed E-state index contributed by atoms with van der Waals surface area (Å²) in [5.41, 5.74) is 0. The van der Waals surface area contributed by atoms with Gasteiger partial charge in [-0.15, -0.1) is 6.58 Å². The summed E-state index contributed by atoms with van der Waals surface area (Å²) in [6, 6.07) is 7.65. The third kappa shape index (κ3) is 6.84. The van der Waals surface area contributed by atoms with Crippen LogP contribution in [0.5, 0.6) is 11.5 Å². The highest BCUT2D eigenvalue weighted by Gasteiger charge is 2.01. The summed E-state index contributed by atoms with van der Waals surface area (Å²) in [5.74, 6) is 1.54. The van der Waals surface area contributed by atoms with Gasteiger partial charge in [0.25, 0.3) is 0 Å². The van der Waals surface area contributed by atoms with Gasteiger partial charge in [0.05, 0.1) is 13.7 Å². The number of methoxy groups -OCH3 is 1. The maximum atomic E-state index is 5.64.